The first-order valence-corrected chi connectivity index (χ1v) is 22.5. The minimum atomic E-state index is -4.74. The molecule has 4 aromatic heterocycles. The Labute approximate surface area is 399 Å². The molecule has 12 aromatic rings. The molecule has 12 rings (SSSR count). The fraction of sp³-hybridized carbons (Fsp3) is 0.0164. The maximum Gasteiger partial charge on any atom is 0.415 e. The van der Waals surface area contributed by atoms with Crippen LogP contribution in [0.25, 0.3) is 116 Å². The smallest absolute Gasteiger partial charge is 0.309 e. The van der Waals surface area contributed by atoms with Crippen LogP contribution in [0.15, 0.2) is 213 Å². The zero-order valence-electron chi connectivity index (χ0n) is 37.0. The predicted octanol–water partition coefficient (Wildman–Crippen LogP) is 16.4. The molecular weight excluding hydrogens is 874 g/mol. The molecule has 0 fully saturated rings. The highest BCUT2D eigenvalue weighted by molar-refractivity contribution is 6.12. The summed E-state index contributed by atoms with van der Waals surface area (Å²) in [5, 5.41) is 15.0. The van der Waals surface area contributed by atoms with Crippen LogP contribution < -0.4 is 0 Å². The van der Waals surface area contributed by atoms with Crippen LogP contribution in [0, 0.1) is 17.9 Å². The molecule has 0 N–H and O–H groups in total. The lowest BCUT2D eigenvalue weighted by atomic mass is 9.96. The average Bonchev–Trinajstić information content (AvgIpc) is 3.92. The molecule has 6 nitrogen and oxygen atoms in total. The molecule has 0 aliphatic carbocycles. The van der Waals surface area contributed by atoms with Gasteiger partial charge < -0.3 is 9.13 Å². The first-order valence-electron chi connectivity index (χ1n) is 22.5. The van der Waals surface area contributed by atoms with Crippen molar-refractivity contribution in [3.05, 3.63) is 235 Å². The van der Waals surface area contributed by atoms with Crippen LogP contribution in [-0.2, 0) is 6.18 Å². The van der Waals surface area contributed by atoms with E-state index in [2.05, 4.69) is 41.2 Å². The van der Waals surface area contributed by atoms with Crippen LogP contribution in [-0.4, -0.2) is 19.1 Å². The number of pyridine rings is 2. The van der Waals surface area contributed by atoms with Crippen molar-refractivity contribution < 1.29 is 13.2 Å². The predicted molar refractivity (Wildman–Crippen MR) is 274 cm³/mol. The third-order valence-corrected chi connectivity index (χ3v) is 13.1. The van der Waals surface area contributed by atoms with Gasteiger partial charge in [-0.2, -0.15) is 18.4 Å². The maximum absolute atomic E-state index is 14.8. The molecule has 4 heterocycles. The second kappa shape index (κ2) is 16.6. The number of alkyl halides is 3. The number of rotatable bonds is 7. The normalized spacial score (nSPS) is 11.6. The van der Waals surface area contributed by atoms with E-state index in [9.17, 15) is 18.4 Å². The highest BCUT2D eigenvalue weighted by Gasteiger charge is 2.32. The Kier molecular flexibility index (Phi) is 9.94. The molecule has 8 aromatic carbocycles. The van der Waals surface area contributed by atoms with E-state index in [1.807, 2.05) is 167 Å². The Hall–Kier alpha value is -9.57. The van der Waals surface area contributed by atoms with Gasteiger partial charge in [0.2, 0.25) is 0 Å². The quantitative estimate of drug-likeness (QED) is 0.150. The van der Waals surface area contributed by atoms with Crippen LogP contribution in [0.4, 0.5) is 18.9 Å². The number of para-hydroxylation sites is 2. The fourth-order valence-electron chi connectivity index (χ4n) is 9.77. The van der Waals surface area contributed by atoms with E-state index in [0.29, 0.717) is 22.5 Å². The minimum Gasteiger partial charge on any atom is -0.309 e. The van der Waals surface area contributed by atoms with Crippen molar-refractivity contribution in [3.63, 3.8) is 0 Å². The van der Waals surface area contributed by atoms with Crippen molar-refractivity contribution >= 4 is 49.3 Å². The van der Waals surface area contributed by atoms with E-state index in [-0.39, 0.29) is 11.3 Å². The molecule has 70 heavy (non-hydrogen) atoms. The van der Waals surface area contributed by atoms with E-state index >= 15 is 0 Å². The third-order valence-electron chi connectivity index (χ3n) is 13.1. The molecule has 0 amide bonds. The lowest BCUT2D eigenvalue weighted by Gasteiger charge is -2.20. The largest absolute Gasteiger partial charge is 0.415 e. The lowest BCUT2D eigenvalue weighted by Crippen LogP contribution is -2.06. The Morgan fingerprint density at radius 3 is 1.41 bits per heavy atom. The van der Waals surface area contributed by atoms with E-state index in [4.69, 9.17) is 16.5 Å². The van der Waals surface area contributed by atoms with Crippen LogP contribution >= 0.6 is 0 Å². The van der Waals surface area contributed by atoms with Crippen LogP contribution in [0.5, 0.6) is 0 Å². The molecule has 0 aliphatic rings. The zero-order valence-corrected chi connectivity index (χ0v) is 37.0. The summed E-state index contributed by atoms with van der Waals surface area (Å²) in [5.74, 6) is 0. The van der Waals surface area contributed by atoms with E-state index in [0.717, 1.165) is 101 Å². The topological polar surface area (TPSA) is 63.8 Å². The number of hydrogen-bond donors (Lipinski definition) is 0. The summed E-state index contributed by atoms with van der Waals surface area (Å²) in [5.41, 5.74) is 11.1. The summed E-state index contributed by atoms with van der Waals surface area (Å²) in [6, 6.07) is 65.6. The molecule has 0 spiro atoms. The van der Waals surface area contributed by atoms with E-state index < -0.39 is 11.7 Å². The monoisotopic (exact) mass is 908 g/mol. The molecule has 0 aliphatic heterocycles. The molecule has 0 radical (unpaired) electrons. The molecule has 330 valence electrons. The molecular formula is C61H35F3N6. The van der Waals surface area contributed by atoms with Gasteiger partial charge in [-0.05, 0) is 83.4 Å². The van der Waals surface area contributed by atoms with Gasteiger partial charge in [0, 0.05) is 67.3 Å². The zero-order chi connectivity index (χ0) is 47.5. The molecule has 9 heteroatoms. The van der Waals surface area contributed by atoms with Crippen LogP contribution in [0.1, 0.15) is 11.1 Å². The second-order valence-corrected chi connectivity index (χ2v) is 17.1. The SMILES string of the molecule is [C-]#[N+]c1cc(-c2cc(-n3c4ccccc4c4ccc(-c5ccc(-c6ccccc6)nc5)cc43)c(C#N)cc2-n2c3ccccc3c3ccc(-c4ccc(-c5ccccc5)nc4)cc32)cc(C(F)(F)F)c1. The number of nitriles is 1. The van der Waals surface area contributed by atoms with E-state index in [1.54, 1.807) is 6.07 Å². The summed E-state index contributed by atoms with van der Waals surface area (Å²) in [6.07, 6.45) is -1.05. The first kappa shape index (κ1) is 41.8. The highest BCUT2D eigenvalue weighted by Crippen LogP contribution is 2.44. The molecule has 0 atom stereocenters. The van der Waals surface area contributed by atoms with Crippen molar-refractivity contribution in [3.8, 4) is 73.3 Å². The van der Waals surface area contributed by atoms with Gasteiger partial charge in [-0.3, -0.25) is 9.97 Å². The lowest BCUT2D eigenvalue weighted by molar-refractivity contribution is -0.137. The van der Waals surface area contributed by atoms with Crippen molar-refractivity contribution in [2.75, 3.05) is 0 Å². The first-order chi connectivity index (χ1) is 34.2. The summed E-state index contributed by atoms with van der Waals surface area (Å²) < 4.78 is 48.5. The fourth-order valence-corrected chi connectivity index (χ4v) is 9.77. The second-order valence-electron chi connectivity index (χ2n) is 17.1. The van der Waals surface area contributed by atoms with Gasteiger partial charge in [-0.15, -0.1) is 0 Å². The number of benzene rings is 8. The van der Waals surface area contributed by atoms with Gasteiger partial charge in [0.15, 0.2) is 5.69 Å². The Balaban J connectivity index is 1.11. The Morgan fingerprint density at radius 1 is 0.443 bits per heavy atom. The number of nitrogens with zero attached hydrogens (tertiary/aromatic N) is 6. The Morgan fingerprint density at radius 2 is 0.929 bits per heavy atom. The van der Waals surface area contributed by atoms with Crippen molar-refractivity contribution in [1.82, 2.24) is 19.1 Å². The average molecular weight is 909 g/mol. The van der Waals surface area contributed by atoms with Gasteiger partial charge >= 0.3 is 6.18 Å². The molecule has 0 bridgehead atoms. The summed E-state index contributed by atoms with van der Waals surface area (Å²) >= 11 is 0. The number of fused-ring (bicyclic) bond motifs is 6. The van der Waals surface area contributed by atoms with Gasteiger partial charge in [-0.1, -0.05) is 133 Å². The summed E-state index contributed by atoms with van der Waals surface area (Å²) in [7, 11) is 0. The number of aromatic nitrogens is 4. The summed E-state index contributed by atoms with van der Waals surface area (Å²) in [6.45, 7) is 7.92. The molecule has 0 unspecified atom stereocenters. The molecule has 0 saturated heterocycles. The Bertz CT molecular complexity index is 4100. The van der Waals surface area contributed by atoms with Crippen LogP contribution in [0.2, 0.25) is 0 Å². The number of hydrogen-bond acceptors (Lipinski definition) is 3. The van der Waals surface area contributed by atoms with Crippen molar-refractivity contribution in [1.29, 1.82) is 5.26 Å². The van der Waals surface area contributed by atoms with Gasteiger partial charge in [0.05, 0.1) is 57.0 Å². The van der Waals surface area contributed by atoms with E-state index in [1.165, 1.54) is 6.07 Å². The molecule has 0 saturated carbocycles. The standard InChI is InChI=1S/C61H35F3N6/c1-66-47-29-44(28-46(33-47)61(62,63)64)52-34-57(69-55-18-10-8-16-48(55)50-24-20-40(30-58(50)69)42-22-26-53(67-36-42)38-12-4-2-5-13-38)45(35-65)32-60(52)70-56-19-11-9-17-49(56)51-25-21-41(31-59(51)70)43-23-27-54(68-37-43)39-14-6-3-7-15-39/h2-34,36-37H. The summed E-state index contributed by atoms with van der Waals surface area (Å²) in [4.78, 5) is 13.1. The van der Waals surface area contributed by atoms with Crippen LogP contribution in [0.3, 0.4) is 0 Å². The number of halogens is 3. The minimum absolute atomic E-state index is 0.161. The van der Waals surface area contributed by atoms with Gasteiger partial charge in [-0.25, -0.2) is 4.85 Å². The maximum atomic E-state index is 14.8. The van der Waals surface area contributed by atoms with Crippen molar-refractivity contribution in [2.24, 2.45) is 0 Å². The van der Waals surface area contributed by atoms with Gasteiger partial charge in [0.25, 0.3) is 0 Å². The van der Waals surface area contributed by atoms with Crippen molar-refractivity contribution in [2.45, 2.75) is 6.18 Å². The third kappa shape index (κ3) is 7.13. The van der Waals surface area contributed by atoms with Gasteiger partial charge in [0.1, 0.15) is 6.07 Å². The highest BCUT2D eigenvalue weighted by atomic mass is 19.4.